The molecule has 0 aromatic heterocycles. The number of carbonyl (C=O) groups excluding carboxylic acids is 2. The first kappa shape index (κ1) is 13.8. The van der Waals surface area contributed by atoms with Crippen LogP contribution in [-0.4, -0.2) is 11.8 Å². The summed E-state index contributed by atoms with van der Waals surface area (Å²) >= 11 is 11.5. The van der Waals surface area contributed by atoms with Gasteiger partial charge in [-0.2, -0.15) is 0 Å². The van der Waals surface area contributed by atoms with Gasteiger partial charge in [0.05, 0.1) is 10.0 Å². The van der Waals surface area contributed by atoms with Gasteiger partial charge in [0.25, 0.3) is 0 Å². The second kappa shape index (κ2) is 5.89. The predicted molar refractivity (Wildman–Crippen MR) is 68.1 cm³/mol. The SMILES string of the molecule is CC(CC(=O)Nc1ccc(Cl)c(Cl)c1)C(N)=O. The van der Waals surface area contributed by atoms with Crippen LogP contribution in [0.4, 0.5) is 5.69 Å². The van der Waals surface area contributed by atoms with Crippen LogP contribution in [0.25, 0.3) is 0 Å². The fourth-order valence-electron chi connectivity index (χ4n) is 1.16. The van der Waals surface area contributed by atoms with Crippen molar-refractivity contribution in [2.75, 3.05) is 5.32 Å². The minimum absolute atomic E-state index is 0.0373. The molecule has 1 rings (SSSR count). The first-order chi connectivity index (χ1) is 7.90. The molecule has 1 aromatic carbocycles. The predicted octanol–water partition coefficient (Wildman–Crippen LogP) is 2.44. The van der Waals surface area contributed by atoms with E-state index in [9.17, 15) is 9.59 Å². The number of amides is 2. The summed E-state index contributed by atoms with van der Waals surface area (Å²) in [5, 5.41) is 3.37. The number of hydrogen-bond acceptors (Lipinski definition) is 2. The Hall–Kier alpha value is -1.26. The van der Waals surface area contributed by atoms with Crippen LogP contribution in [0, 0.1) is 5.92 Å². The van der Waals surface area contributed by atoms with Crippen LogP contribution in [0.5, 0.6) is 0 Å². The highest BCUT2D eigenvalue weighted by molar-refractivity contribution is 6.42. The molecule has 1 unspecified atom stereocenters. The molecule has 1 aromatic rings. The van der Waals surface area contributed by atoms with E-state index in [2.05, 4.69) is 5.32 Å². The van der Waals surface area contributed by atoms with Gasteiger partial charge < -0.3 is 11.1 Å². The lowest BCUT2D eigenvalue weighted by molar-refractivity contribution is -0.125. The maximum atomic E-state index is 11.5. The Kier molecular flexibility index (Phi) is 4.78. The Morgan fingerprint density at radius 1 is 1.35 bits per heavy atom. The zero-order valence-electron chi connectivity index (χ0n) is 9.17. The van der Waals surface area contributed by atoms with E-state index in [1.54, 1.807) is 19.1 Å². The third-order valence-electron chi connectivity index (χ3n) is 2.18. The van der Waals surface area contributed by atoms with Gasteiger partial charge in [-0.15, -0.1) is 0 Å². The van der Waals surface area contributed by atoms with E-state index < -0.39 is 11.8 Å². The number of anilines is 1. The van der Waals surface area contributed by atoms with Crippen molar-refractivity contribution in [3.63, 3.8) is 0 Å². The first-order valence-corrected chi connectivity index (χ1v) is 5.70. The summed E-state index contributed by atoms with van der Waals surface area (Å²) in [6.45, 7) is 1.59. The number of halogens is 2. The van der Waals surface area contributed by atoms with Gasteiger partial charge in [-0.3, -0.25) is 9.59 Å². The summed E-state index contributed by atoms with van der Waals surface area (Å²) < 4.78 is 0. The van der Waals surface area contributed by atoms with Crippen molar-refractivity contribution in [1.82, 2.24) is 0 Å². The van der Waals surface area contributed by atoms with Crippen LogP contribution in [0.2, 0.25) is 10.0 Å². The minimum Gasteiger partial charge on any atom is -0.369 e. The van der Waals surface area contributed by atoms with Gasteiger partial charge >= 0.3 is 0 Å². The van der Waals surface area contributed by atoms with Crippen LogP contribution in [0.15, 0.2) is 18.2 Å². The molecule has 0 saturated carbocycles. The van der Waals surface area contributed by atoms with Crippen LogP contribution < -0.4 is 11.1 Å². The number of nitrogens with one attached hydrogen (secondary N) is 1. The first-order valence-electron chi connectivity index (χ1n) is 4.94. The molecule has 0 radical (unpaired) electrons. The van der Waals surface area contributed by atoms with Gasteiger partial charge in [0.2, 0.25) is 11.8 Å². The molecule has 0 aliphatic rings. The normalized spacial score (nSPS) is 11.9. The third kappa shape index (κ3) is 4.24. The molecule has 0 saturated heterocycles. The number of carbonyl (C=O) groups is 2. The summed E-state index contributed by atoms with van der Waals surface area (Å²) in [6.07, 6.45) is 0.0373. The Balaban J connectivity index is 2.62. The summed E-state index contributed by atoms with van der Waals surface area (Å²) in [7, 11) is 0. The molecule has 3 N–H and O–H groups in total. The van der Waals surface area contributed by atoms with E-state index in [0.717, 1.165) is 0 Å². The van der Waals surface area contributed by atoms with Crippen molar-refractivity contribution in [2.45, 2.75) is 13.3 Å². The monoisotopic (exact) mass is 274 g/mol. The summed E-state index contributed by atoms with van der Waals surface area (Å²) in [4.78, 5) is 22.3. The summed E-state index contributed by atoms with van der Waals surface area (Å²) in [5.41, 5.74) is 5.59. The average Bonchev–Trinajstić information content (AvgIpc) is 2.23. The third-order valence-corrected chi connectivity index (χ3v) is 2.92. The second-order valence-electron chi connectivity index (χ2n) is 3.68. The molecule has 0 aliphatic heterocycles. The Morgan fingerprint density at radius 3 is 2.53 bits per heavy atom. The lowest BCUT2D eigenvalue weighted by Gasteiger charge is -2.08. The molecule has 4 nitrogen and oxygen atoms in total. The van der Waals surface area contributed by atoms with Crippen LogP contribution in [0.3, 0.4) is 0 Å². The molecule has 17 heavy (non-hydrogen) atoms. The quantitative estimate of drug-likeness (QED) is 0.885. The number of primary amides is 1. The highest BCUT2D eigenvalue weighted by atomic mass is 35.5. The summed E-state index contributed by atoms with van der Waals surface area (Å²) in [5.74, 6) is -1.30. The van der Waals surface area contributed by atoms with Crippen molar-refractivity contribution in [3.05, 3.63) is 28.2 Å². The fraction of sp³-hybridized carbons (Fsp3) is 0.273. The molecule has 0 bridgehead atoms. The van der Waals surface area contributed by atoms with E-state index in [0.29, 0.717) is 15.7 Å². The van der Waals surface area contributed by atoms with Gasteiger partial charge in [0, 0.05) is 18.0 Å². The van der Waals surface area contributed by atoms with E-state index in [-0.39, 0.29) is 12.3 Å². The topological polar surface area (TPSA) is 72.2 Å². The zero-order chi connectivity index (χ0) is 13.0. The Labute approximate surface area is 109 Å². The van der Waals surface area contributed by atoms with Gasteiger partial charge in [-0.25, -0.2) is 0 Å². The molecule has 0 aliphatic carbocycles. The van der Waals surface area contributed by atoms with Gasteiger partial charge in [-0.1, -0.05) is 30.1 Å². The molecule has 0 spiro atoms. The van der Waals surface area contributed by atoms with Gasteiger partial charge in [0.15, 0.2) is 0 Å². The smallest absolute Gasteiger partial charge is 0.225 e. The largest absolute Gasteiger partial charge is 0.369 e. The van der Waals surface area contributed by atoms with Crippen LogP contribution in [-0.2, 0) is 9.59 Å². The van der Waals surface area contributed by atoms with E-state index >= 15 is 0 Å². The van der Waals surface area contributed by atoms with Gasteiger partial charge in [0.1, 0.15) is 0 Å². The molecule has 92 valence electrons. The fourth-order valence-corrected chi connectivity index (χ4v) is 1.46. The number of nitrogens with two attached hydrogens (primary N) is 1. The molecule has 6 heteroatoms. The number of benzene rings is 1. The van der Waals surface area contributed by atoms with Gasteiger partial charge in [-0.05, 0) is 18.2 Å². The zero-order valence-corrected chi connectivity index (χ0v) is 10.7. The van der Waals surface area contributed by atoms with E-state index in [1.165, 1.54) is 6.07 Å². The van der Waals surface area contributed by atoms with Crippen LogP contribution >= 0.6 is 23.2 Å². The second-order valence-corrected chi connectivity index (χ2v) is 4.50. The number of hydrogen-bond donors (Lipinski definition) is 2. The van der Waals surface area contributed by atoms with Crippen molar-refractivity contribution in [3.8, 4) is 0 Å². The van der Waals surface area contributed by atoms with E-state index in [4.69, 9.17) is 28.9 Å². The Morgan fingerprint density at radius 2 is 2.00 bits per heavy atom. The highest BCUT2D eigenvalue weighted by Gasteiger charge is 2.14. The number of rotatable bonds is 4. The van der Waals surface area contributed by atoms with Crippen molar-refractivity contribution in [2.24, 2.45) is 11.7 Å². The molecular weight excluding hydrogens is 263 g/mol. The lowest BCUT2D eigenvalue weighted by atomic mass is 10.1. The molecule has 2 amide bonds. The maximum absolute atomic E-state index is 11.5. The minimum atomic E-state index is -0.505. The standard InChI is InChI=1S/C11H12Cl2N2O2/c1-6(11(14)17)4-10(16)15-7-2-3-8(12)9(13)5-7/h2-3,5-6H,4H2,1H3,(H2,14,17)(H,15,16). The molecule has 1 atom stereocenters. The molecule has 0 fully saturated rings. The van der Waals surface area contributed by atoms with E-state index in [1.807, 2.05) is 0 Å². The van der Waals surface area contributed by atoms with Crippen molar-refractivity contribution in [1.29, 1.82) is 0 Å². The van der Waals surface area contributed by atoms with Crippen molar-refractivity contribution >= 4 is 40.7 Å². The molecular formula is C11H12Cl2N2O2. The lowest BCUT2D eigenvalue weighted by Crippen LogP contribution is -2.25. The van der Waals surface area contributed by atoms with Crippen LogP contribution in [0.1, 0.15) is 13.3 Å². The highest BCUT2D eigenvalue weighted by Crippen LogP contribution is 2.25. The maximum Gasteiger partial charge on any atom is 0.225 e. The average molecular weight is 275 g/mol. The molecule has 0 heterocycles. The Bertz CT molecular complexity index is 449. The van der Waals surface area contributed by atoms with Crippen molar-refractivity contribution < 1.29 is 9.59 Å². The summed E-state index contributed by atoms with van der Waals surface area (Å²) in [6, 6.07) is 4.74.